The molecule has 1 aromatic heterocycles. The fourth-order valence-electron chi connectivity index (χ4n) is 3.26. The van der Waals surface area contributed by atoms with Gasteiger partial charge in [0.25, 0.3) is 0 Å². The van der Waals surface area contributed by atoms with Gasteiger partial charge in [0.2, 0.25) is 21.1 Å². The highest BCUT2D eigenvalue weighted by Gasteiger charge is 2.39. The average molecular weight is 495 g/mol. The van der Waals surface area contributed by atoms with Gasteiger partial charge in [-0.1, -0.05) is 65.0 Å². The molecule has 2 heterocycles. The molecule has 31 heavy (non-hydrogen) atoms. The van der Waals surface area contributed by atoms with Crippen LogP contribution in [-0.2, 0) is 20.6 Å². The SMILES string of the molecule is O=C(Nc1nnc(SCc2ccccc2)s1)[C@H]1CCCN1S(=O)(=O)c1ccc(Cl)cc1. The number of thioether (sulfide) groups is 1. The van der Waals surface area contributed by atoms with E-state index in [1.807, 2.05) is 30.3 Å². The predicted octanol–water partition coefficient (Wildman–Crippen LogP) is 4.28. The van der Waals surface area contributed by atoms with Crippen molar-refractivity contribution in [1.29, 1.82) is 0 Å². The van der Waals surface area contributed by atoms with Crippen LogP contribution in [0.3, 0.4) is 0 Å². The molecule has 1 aliphatic rings. The fraction of sp³-hybridized carbons (Fsp3) is 0.250. The molecule has 162 valence electrons. The summed E-state index contributed by atoms with van der Waals surface area (Å²) in [6.45, 7) is 0.289. The molecule has 1 fully saturated rings. The standard InChI is InChI=1S/C20H19ClN4O3S3/c21-15-8-10-16(11-9-15)31(27,28)25-12-4-7-17(25)18(26)22-19-23-24-20(30-19)29-13-14-5-2-1-3-6-14/h1-3,5-6,8-11,17H,4,7,12-13H2,(H,22,23,26)/t17-/m1/s1. The molecule has 1 amide bonds. The molecule has 2 aromatic carbocycles. The molecule has 0 unspecified atom stereocenters. The molecule has 7 nitrogen and oxygen atoms in total. The number of carbonyl (C=O) groups is 1. The van der Waals surface area contributed by atoms with Gasteiger partial charge in [-0.05, 0) is 42.7 Å². The second-order valence-corrected chi connectivity index (χ2v) is 11.4. The molecule has 1 saturated heterocycles. The monoisotopic (exact) mass is 494 g/mol. The van der Waals surface area contributed by atoms with Crippen LogP contribution in [0.4, 0.5) is 5.13 Å². The molecule has 0 saturated carbocycles. The highest BCUT2D eigenvalue weighted by Crippen LogP contribution is 2.30. The number of aromatic nitrogens is 2. The predicted molar refractivity (Wildman–Crippen MR) is 123 cm³/mol. The Morgan fingerprint density at radius 3 is 2.65 bits per heavy atom. The third kappa shape index (κ3) is 5.27. The van der Waals surface area contributed by atoms with Crippen molar-refractivity contribution in [1.82, 2.24) is 14.5 Å². The maximum atomic E-state index is 13.0. The van der Waals surface area contributed by atoms with Crippen molar-refractivity contribution in [2.45, 2.75) is 33.9 Å². The van der Waals surface area contributed by atoms with E-state index in [-0.39, 0.29) is 11.4 Å². The van der Waals surface area contributed by atoms with E-state index in [0.717, 1.165) is 10.1 Å². The van der Waals surface area contributed by atoms with Crippen LogP contribution in [0.2, 0.25) is 5.02 Å². The van der Waals surface area contributed by atoms with Crippen molar-refractivity contribution < 1.29 is 13.2 Å². The van der Waals surface area contributed by atoms with Crippen LogP contribution in [0.25, 0.3) is 0 Å². The lowest BCUT2D eigenvalue weighted by Gasteiger charge is -2.23. The lowest BCUT2D eigenvalue weighted by molar-refractivity contribution is -0.119. The van der Waals surface area contributed by atoms with E-state index < -0.39 is 22.0 Å². The Hall–Kier alpha value is -1.98. The zero-order chi connectivity index (χ0) is 21.8. The Morgan fingerprint density at radius 1 is 1.16 bits per heavy atom. The molecule has 11 heteroatoms. The quantitative estimate of drug-likeness (QED) is 0.389. The number of nitrogens with zero attached hydrogens (tertiary/aromatic N) is 3. The highest BCUT2D eigenvalue weighted by molar-refractivity contribution is 8.00. The molecular formula is C20H19ClN4O3S3. The van der Waals surface area contributed by atoms with Gasteiger partial charge in [-0.3, -0.25) is 10.1 Å². The van der Waals surface area contributed by atoms with Gasteiger partial charge in [0.1, 0.15) is 6.04 Å². The second-order valence-electron chi connectivity index (χ2n) is 6.86. The Labute approximate surface area is 193 Å². The minimum absolute atomic E-state index is 0.118. The number of amides is 1. The van der Waals surface area contributed by atoms with Crippen LogP contribution in [0.5, 0.6) is 0 Å². The summed E-state index contributed by atoms with van der Waals surface area (Å²) in [5.74, 6) is 0.352. The van der Waals surface area contributed by atoms with Gasteiger partial charge < -0.3 is 0 Å². The van der Waals surface area contributed by atoms with E-state index >= 15 is 0 Å². The normalized spacial score (nSPS) is 17.0. The molecule has 1 atom stereocenters. The molecule has 4 rings (SSSR count). The van der Waals surface area contributed by atoms with Crippen molar-refractivity contribution in [2.75, 3.05) is 11.9 Å². The van der Waals surface area contributed by atoms with Crippen LogP contribution < -0.4 is 5.32 Å². The first-order valence-electron chi connectivity index (χ1n) is 9.52. The molecular weight excluding hydrogens is 476 g/mol. The molecule has 0 spiro atoms. The average Bonchev–Trinajstić information content (AvgIpc) is 3.43. The van der Waals surface area contributed by atoms with E-state index in [9.17, 15) is 13.2 Å². The number of hydrogen-bond donors (Lipinski definition) is 1. The van der Waals surface area contributed by atoms with E-state index in [4.69, 9.17) is 11.6 Å². The summed E-state index contributed by atoms with van der Waals surface area (Å²) in [6.07, 6.45) is 1.06. The molecule has 1 aliphatic heterocycles. The highest BCUT2D eigenvalue weighted by atomic mass is 35.5. The van der Waals surface area contributed by atoms with Crippen molar-refractivity contribution in [3.05, 3.63) is 65.2 Å². The van der Waals surface area contributed by atoms with Gasteiger partial charge in [0, 0.05) is 17.3 Å². The molecule has 0 radical (unpaired) electrons. The third-order valence-electron chi connectivity index (χ3n) is 4.77. The first-order valence-corrected chi connectivity index (χ1v) is 13.1. The van der Waals surface area contributed by atoms with Crippen LogP contribution in [0.1, 0.15) is 18.4 Å². The summed E-state index contributed by atoms with van der Waals surface area (Å²) in [6, 6.07) is 15.2. The topological polar surface area (TPSA) is 92.3 Å². The van der Waals surface area contributed by atoms with Gasteiger partial charge in [-0.25, -0.2) is 8.42 Å². The lowest BCUT2D eigenvalue weighted by Crippen LogP contribution is -2.43. The molecule has 3 aromatic rings. The Kier molecular flexibility index (Phi) is 6.92. The Bertz CT molecular complexity index is 1150. The summed E-state index contributed by atoms with van der Waals surface area (Å²) >= 11 is 8.67. The van der Waals surface area contributed by atoms with Gasteiger partial charge in [0.15, 0.2) is 4.34 Å². The largest absolute Gasteiger partial charge is 0.299 e. The van der Waals surface area contributed by atoms with E-state index in [0.29, 0.717) is 23.0 Å². The number of carbonyl (C=O) groups excluding carboxylic acids is 1. The summed E-state index contributed by atoms with van der Waals surface area (Å²) in [5, 5.41) is 11.7. The minimum Gasteiger partial charge on any atom is -0.299 e. The van der Waals surface area contributed by atoms with Crippen LogP contribution in [0.15, 0.2) is 63.8 Å². The summed E-state index contributed by atoms with van der Waals surface area (Å²) in [4.78, 5) is 13.0. The maximum absolute atomic E-state index is 13.0. The van der Waals surface area contributed by atoms with Crippen molar-refractivity contribution in [2.24, 2.45) is 0 Å². The zero-order valence-electron chi connectivity index (χ0n) is 16.3. The second kappa shape index (κ2) is 9.66. The number of hydrogen-bond acceptors (Lipinski definition) is 7. The van der Waals surface area contributed by atoms with E-state index in [1.54, 1.807) is 0 Å². The summed E-state index contributed by atoms with van der Waals surface area (Å²) in [7, 11) is -3.80. The van der Waals surface area contributed by atoms with Crippen molar-refractivity contribution in [3.8, 4) is 0 Å². The van der Waals surface area contributed by atoms with E-state index in [2.05, 4.69) is 15.5 Å². The van der Waals surface area contributed by atoms with Crippen molar-refractivity contribution in [3.63, 3.8) is 0 Å². The van der Waals surface area contributed by atoms with Gasteiger partial charge in [-0.15, -0.1) is 10.2 Å². The third-order valence-corrected chi connectivity index (χ3v) is 8.99. The van der Waals surface area contributed by atoms with Crippen molar-refractivity contribution >= 4 is 55.8 Å². The fourth-order valence-corrected chi connectivity index (χ4v) is 6.75. The number of anilines is 1. The molecule has 0 bridgehead atoms. The molecule has 0 aliphatic carbocycles. The summed E-state index contributed by atoms with van der Waals surface area (Å²) < 4.78 is 28.0. The van der Waals surface area contributed by atoms with Crippen LogP contribution >= 0.6 is 34.7 Å². The first-order chi connectivity index (χ1) is 14.9. The van der Waals surface area contributed by atoms with E-state index in [1.165, 1.54) is 57.2 Å². The Balaban J connectivity index is 1.41. The smallest absolute Gasteiger partial charge is 0.244 e. The lowest BCUT2D eigenvalue weighted by atomic mass is 10.2. The van der Waals surface area contributed by atoms with Crippen LogP contribution in [0, 0.1) is 0 Å². The first kappa shape index (κ1) is 22.2. The number of benzene rings is 2. The van der Waals surface area contributed by atoms with Gasteiger partial charge >= 0.3 is 0 Å². The molecule has 1 N–H and O–H groups in total. The number of sulfonamides is 1. The number of nitrogens with one attached hydrogen (secondary N) is 1. The maximum Gasteiger partial charge on any atom is 0.244 e. The Morgan fingerprint density at radius 2 is 1.90 bits per heavy atom. The number of halogens is 1. The van der Waals surface area contributed by atoms with Crippen LogP contribution in [-0.4, -0.2) is 41.4 Å². The minimum atomic E-state index is -3.80. The van der Waals surface area contributed by atoms with Gasteiger partial charge in [-0.2, -0.15) is 4.31 Å². The van der Waals surface area contributed by atoms with Gasteiger partial charge in [0.05, 0.1) is 4.90 Å². The zero-order valence-corrected chi connectivity index (χ0v) is 19.5. The number of rotatable bonds is 7. The summed E-state index contributed by atoms with van der Waals surface area (Å²) in [5.41, 5.74) is 1.17.